The van der Waals surface area contributed by atoms with Crippen molar-refractivity contribution in [1.29, 1.82) is 0 Å². The summed E-state index contributed by atoms with van der Waals surface area (Å²) in [5.74, 6) is 0.906. The molecule has 0 aliphatic rings. The first-order chi connectivity index (χ1) is 9.18. The van der Waals surface area contributed by atoms with Crippen molar-refractivity contribution in [3.05, 3.63) is 59.9 Å². The third-order valence-corrected chi connectivity index (χ3v) is 3.89. The standard InChI is InChI=1S/C17H21NO/c1-4-17(2,15-6-5-11-18-13-15)12-14-7-9-16(19-3)10-8-14/h5-11,13H,4,12H2,1-3H3. The van der Waals surface area contributed by atoms with Gasteiger partial charge in [-0.1, -0.05) is 32.0 Å². The third kappa shape index (κ3) is 3.14. The largest absolute Gasteiger partial charge is 0.497 e. The minimum absolute atomic E-state index is 0.128. The molecule has 1 aromatic carbocycles. The van der Waals surface area contributed by atoms with E-state index < -0.39 is 0 Å². The van der Waals surface area contributed by atoms with Gasteiger partial charge < -0.3 is 4.74 Å². The van der Waals surface area contributed by atoms with E-state index in [4.69, 9.17) is 4.74 Å². The normalized spacial score (nSPS) is 13.8. The summed E-state index contributed by atoms with van der Waals surface area (Å²) >= 11 is 0. The zero-order valence-electron chi connectivity index (χ0n) is 11.9. The van der Waals surface area contributed by atoms with Crippen LogP contribution < -0.4 is 4.74 Å². The summed E-state index contributed by atoms with van der Waals surface area (Å²) in [7, 11) is 1.70. The molecule has 2 rings (SSSR count). The fraction of sp³-hybridized carbons (Fsp3) is 0.353. The maximum atomic E-state index is 5.20. The Hall–Kier alpha value is -1.83. The number of methoxy groups -OCH3 is 1. The highest BCUT2D eigenvalue weighted by Gasteiger charge is 2.25. The van der Waals surface area contributed by atoms with Gasteiger partial charge in [0, 0.05) is 12.4 Å². The lowest BCUT2D eigenvalue weighted by Gasteiger charge is -2.28. The molecule has 0 amide bonds. The molecule has 0 aliphatic heterocycles. The first kappa shape index (κ1) is 13.6. The van der Waals surface area contributed by atoms with Crippen molar-refractivity contribution < 1.29 is 4.74 Å². The van der Waals surface area contributed by atoms with E-state index in [0.29, 0.717) is 0 Å². The smallest absolute Gasteiger partial charge is 0.118 e. The molecule has 0 spiro atoms. The van der Waals surface area contributed by atoms with Gasteiger partial charge in [0.1, 0.15) is 5.75 Å². The van der Waals surface area contributed by atoms with Gasteiger partial charge in [0.2, 0.25) is 0 Å². The average Bonchev–Trinajstić information content (AvgIpc) is 2.49. The number of rotatable bonds is 5. The molecule has 2 aromatic rings. The molecule has 0 saturated heterocycles. The second-order valence-corrected chi connectivity index (χ2v) is 5.18. The SMILES string of the molecule is CCC(C)(Cc1ccc(OC)cc1)c1cccnc1. The van der Waals surface area contributed by atoms with Crippen LogP contribution in [0.25, 0.3) is 0 Å². The second kappa shape index (κ2) is 5.87. The van der Waals surface area contributed by atoms with Gasteiger partial charge in [0.25, 0.3) is 0 Å². The monoisotopic (exact) mass is 255 g/mol. The van der Waals surface area contributed by atoms with E-state index in [9.17, 15) is 0 Å². The summed E-state index contributed by atoms with van der Waals surface area (Å²) in [5, 5.41) is 0. The molecule has 0 bridgehead atoms. The minimum Gasteiger partial charge on any atom is -0.497 e. The maximum Gasteiger partial charge on any atom is 0.118 e. The topological polar surface area (TPSA) is 22.1 Å². The van der Waals surface area contributed by atoms with E-state index >= 15 is 0 Å². The Bertz CT molecular complexity index is 507. The van der Waals surface area contributed by atoms with Crippen molar-refractivity contribution in [1.82, 2.24) is 4.98 Å². The Balaban J connectivity index is 2.22. The lowest BCUT2D eigenvalue weighted by molar-refractivity contribution is 0.413. The van der Waals surface area contributed by atoms with Gasteiger partial charge in [0.05, 0.1) is 7.11 Å². The van der Waals surface area contributed by atoms with Crippen LogP contribution in [0, 0.1) is 0 Å². The van der Waals surface area contributed by atoms with Crippen LogP contribution in [0.2, 0.25) is 0 Å². The summed E-state index contributed by atoms with van der Waals surface area (Å²) in [5.41, 5.74) is 2.75. The predicted molar refractivity (Wildman–Crippen MR) is 78.6 cm³/mol. The molecule has 0 N–H and O–H groups in total. The molecule has 2 nitrogen and oxygen atoms in total. The highest BCUT2D eigenvalue weighted by Crippen LogP contribution is 2.31. The molecule has 1 aromatic heterocycles. The summed E-state index contributed by atoms with van der Waals surface area (Å²) in [6.07, 6.45) is 5.91. The zero-order chi connectivity index (χ0) is 13.7. The molecule has 1 unspecified atom stereocenters. The van der Waals surface area contributed by atoms with Gasteiger partial charge in [-0.05, 0) is 47.6 Å². The molecule has 19 heavy (non-hydrogen) atoms. The van der Waals surface area contributed by atoms with Crippen LogP contribution >= 0.6 is 0 Å². The van der Waals surface area contributed by atoms with Crippen molar-refractivity contribution in [3.8, 4) is 5.75 Å². The van der Waals surface area contributed by atoms with Crippen LogP contribution in [-0.2, 0) is 11.8 Å². The molecular formula is C17H21NO. The first-order valence-electron chi connectivity index (χ1n) is 6.71. The number of benzene rings is 1. The van der Waals surface area contributed by atoms with Crippen LogP contribution in [0.5, 0.6) is 5.75 Å². The second-order valence-electron chi connectivity index (χ2n) is 5.18. The van der Waals surface area contributed by atoms with Gasteiger partial charge in [-0.3, -0.25) is 4.98 Å². The van der Waals surface area contributed by atoms with Crippen LogP contribution in [0.4, 0.5) is 0 Å². The number of aromatic nitrogens is 1. The first-order valence-corrected chi connectivity index (χ1v) is 6.71. The van der Waals surface area contributed by atoms with E-state index in [1.54, 1.807) is 7.11 Å². The number of ether oxygens (including phenoxy) is 1. The fourth-order valence-corrected chi connectivity index (χ4v) is 2.34. The van der Waals surface area contributed by atoms with Crippen LogP contribution in [0.15, 0.2) is 48.8 Å². The highest BCUT2D eigenvalue weighted by atomic mass is 16.5. The third-order valence-electron chi connectivity index (χ3n) is 3.89. The van der Waals surface area contributed by atoms with Crippen LogP contribution in [-0.4, -0.2) is 12.1 Å². The quantitative estimate of drug-likeness (QED) is 0.805. The summed E-state index contributed by atoms with van der Waals surface area (Å²) < 4.78 is 5.20. The summed E-state index contributed by atoms with van der Waals surface area (Å²) in [6, 6.07) is 12.5. The molecular weight excluding hydrogens is 234 g/mol. The minimum atomic E-state index is 0.128. The molecule has 0 fully saturated rings. The van der Waals surface area contributed by atoms with Crippen molar-refractivity contribution in [2.24, 2.45) is 0 Å². The summed E-state index contributed by atoms with van der Waals surface area (Å²) in [4.78, 5) is 4.25. The van der Waals surface area contributed by atoms with E-state index in [1.165, 1.54) is 11.1 Å². The summed E-state index contributed by atoms with van der Waals surface area (Å²) in [6.45, 7) is 4.53. The highest BCUT2D eigenvalue weighted by molar-refractivity contribution is 5.31. The van der Waals surface area contributed by atoms with Crippen LogP contribution in [0.3, 0.4) is 0 Å². The molecule has 0 saturated carbocycles. The van der Waals surface area contributed by atoms with E-state index in [2.05, 4.69) is 37.0 Å². The van der Waals surface area contributed by atoms with Gasteiger partial charge in [-0.25, -0.2) is 0 Å². The van der Waals surface area contributed by atoms with Crippen molar-refractivity contribution in [2.75, 3.05) is 7.11 Å². The number of hydrogen-bond donors (Lipinski definition) is 0. The zero-order valence-corrected chi connectivity index (χ0v) is 11.9. The van der Waals surface area contributed by atoms with Crippen LogP contribution in [0.1, 0.15) is 31.4 Å². The van der Waals surface area contributed by atoms with Gasteiger partial charge in [-0.2, -0.15) is 0 Å². The van der Waals surface area contributed by atoms with Crippen molar-refractivity contribution in [3.63, 3.8) is 0 Å². The van der Waals surface area contributed by atoms with Gasteiger partial charge in [0.15, 0.2) is 0 Å². The Morgan fingerprint density at radius 1 is 1.16 bits per heavy atom. The molecule has 2 heteroatoms. The molecule has 0 radical (unpaired) electrons. The fourth-order valence-electron chi connectivity index (χ4n) is 2.34. The Morgan fingerprint density at radius 3 is 2.42 bits per heavy atom. The number of hydrogen-bond acceptors (Lipinski definition) is 2. The number of nitrogens with zero attached hydrogens (tertiary/aromatic N) is 1. The van der Waals surface area contributed by atoms with E-state index in [-0.39, 0.29) is 5.41 Å². The Kier molecular flexibility index (Phi) is 4.20. The van der Waals surface area contributed by atoms with E-state index in [0.717, 1.165) is 18.6 Å². The lowest BCUT2D eigenvalue weighted by Crippen LogP contribution is -2.24. The molecule has 0 aliphatic carbocycles. The molecule has 1 heterocycles. The molecule has 100 valence electrons. The van der Waals surface area contributed by atoms with Crippen molar-refractivity contribution in [2.45, 2.75) is 32.1 Å². The van der Waals surface area contributed by atoms with Crippen molar-refractivity contribution >= 4 is 0 Å². The Morgan fingerprint density at radius 2 is 1.89 bits per heavy atom. The van der Waals surface area contributed by atoms with Gasteiger partial charge >= 0.3 is 0 Å². The predicted octanol–water partition coefficient (Wildman–Crippen LogP) is 4.00. The average molecular weight is 255 g/mol. The lowest BCUT2D eigenvalue weighted by atomic mass is 9.76. The van der Waals surface area contributed by atoms with Gasteiger partial charge in [-0.15, -0.1) is 0 Å². The maximum absolute atomic E-state index is 5.20. The Labute approximate surface area is 115 Å². The number of pyridine rings is 1. The van der Waals surface area contributed by atoms with E-state index in [1.807, 2.05) is 30.6 Å². The molecule has 1 atom stereocenters.